The third kappa shape index (κ3) is 2.43. The van der Waals surface area contributed by atoms with Gasteiger partial charge in [-0.25, -0.2) is 4.98 Å². The zero-order valence-corrected chi connectivity index (χ0v) is 12.2. The second-order valence-electron chi connectivity index (χ2n) is 4.94. The highest BCUT2D eigenvalue weighted by Gasteiger charge is 2.23. The van der Waals surface area contributed by atoms with Crippen molar-refractivity contribution in [3.63, 3.8) is 0 Å². The molecule has 0 fully saturated rings. The highest BCUT2D eigenvalue weighted by Crippen LogP contribution is 2.15. The number of aromatic nitrogens is 4. The number of carbonyl (C=O) groups is 1. The van der Waals surface area contributed by atoms with Gasteiger partial charge in [0, 0.05) is 25.7 Å². The summed E-state index contributed by atoms with van der Waals surface area (Å²) < 4.78 is 20.4. The minimum absolute atomic E-state index is 0.190. The van der Waals surface area contributed by atoms with Crippen molar-refractivity contribution in [1.29, 1.82) is 0 Å². The standard InChI is InChI=1S/C14H14FN5O2/c1-9-4-3-5-11-17-12(13(15)20(9)11)14(21)19(2)7-6-10-16-8-22-18-10/h3-5,8H,6-7H2,1-2H3. The Hall–Kier alpha value is -2.77. The zero-order chi connectivity index (χ0) is 15.7. The molecule has 3 heterocycles. The van der Waals surface area contributed by atoms with Gasteiger partial charge in [0.25, 0.3) is 5.91 Å². The molecule has 7 nitrogen and oxygen atoms in total. The van der Waals surface area contributed by atoms with Gasteiger partial charge in [0.2, 0.25) is 12.3 Å². The molecule has 0 aliphatic carbocycles. The van der Waals surface area contributed by atoms with Gasteiger partial charge in [-0.2, -0.15) is 9.37 Å². The first-order chi connectivity index (χ1) is 10.6. The van der Waals surface area contributed by atoms with Gasteiger partial charge in [0.1, 0.15) is 5.65 Å². The Kier molecular flexibility index (Phi) is 3.58. The van der Waals surface area contributed by atoms with Crippen molar-refractivity contribution >= 4 is 11.6 Å². The first kappa shape index (κ1) is 14.2. The lowest BCUT2D eigenvalue weighted by molar-refractivity contribution is 0.0785. The zero-order valence-electron chi connectivity index (χ0n) is 12.2. The number of pyridine rings is 1. The van der Waals surface area contributed by atoms with E-state index < -0.39 is 11.9 Å². The Bertz CT molecular complexity index is 812. The highest BCUT2D eigenvalue weighted by molar-refractivity contribution is 5.93. The number of amides is 1. The maximum atomic E-state index is 14.4. The van der Waals surface area contributed by atoms with Crippen molar-refractivity contribution in [2.75, 3.05) is 13.6 Å². The van der Waals surface area contributed by atoms with Crippen LogP contribution in [0.3, 0.4) is 0 Å². The Labute approximate surface area is 125 Å². The molecule has 0 saturated heterocycles. The first-order valence-corrected chi connectivity index (χ1v) is 6.72. The van der Waals surface area contributed by atoms with Crippen LogP contribution in [0.2, 0.25) is 0 Å². The maximum Gasteiger partial charge on any atom is 0.277 e. The normalized spacial score (nSPS) is 11.0. The van der Waals surface area contributed by atoms with Crippen LogP contribution in [-0.2, 0) is 6.42 Å². The molecule has 0 aliphatic heterocycles. The van der Waals surface area contributed by atoms with E-state index in [1.807, 2.05) is 0 Å². The molecular formula is C14H14FN5O2. The van der Waals surface area contributed by atoms with Gasteiger partial charge >= 0.3 is 0 Å². The van der Waals surface area contributed by atoms with Gasteiger partial charge in [-0.3, -0.25) is 9.20 Å². The molecule has 22 heavy (non-hydrogen) atoms. The number of nitrogens with zero attached hydrogens (tertiary/aromatic N) is 5. The average Bonchev–Trinajstić information content (AvgIpc) is 3.13. The SMILES string of the molecule is Cc1cccc2nc(C(=O)N(C)CCc3ncon3)c(F)n12. The minimum atomic E-state index is -0.649. The van der Waals surface area contributed by atoms with E-state index in [1.165, 1.54) is 15.7 Å². The molecule has 0 spiro atoms. The van der Waals surface area contributed by atoms with E-state index in [1.54, 1.807) is 32.2 Å². The van der Waals surface area contributed by atoms with Gasteiger partial charge in [0.05, 0.1) is 0 Å². The first-order valence-electron chi connectivity index (χ1n) is 6.72. The van der Waals surface area contributed by atoms with E-state index in [0.717, 1.165) is 0 Å². The number of aryl methyl sites for hydroxylation is 1. The van der Waals surface area contributed by atoms with Crippen molar-refractivity contribution in [2.45, 2.75) is 13.3 Å². The monoisotopic (exact) mass is 303 g/mol. The van der Waals surface area contributed by atoms with Crippen molar-refractivity contribution in [3.8, 4) is 0 Å². The summed E-state index contributed by atoms with van der Waals surface area (Å²) in [5, 5.41) is 3.67. The third-order valence-electron chi connectivity index (χ3n) is 3.41. The fourth-order valence-corrected chi connectivity index (χ4v) is 2.20. The molecule has 0 atom stereocenters. The Morgan fingerprint density at radius 3 is 2.95 bits per heavy atom. The van der Waals surface area contributed by atoms with E-state index in [2.05, 4.69) is 19.6 Å². The van der Waals surface area contributed by atoms with Crippen LogP contribution in [0.15, 0.2) is 29.1 Å². The van der Waals surface area contributed by atoms with Crippen molar-refractivity contribution < 1.29 is 13.7 Å². The number of likely N-dealkylation sites (N-methyl/N-ethyl adjacent to an activating group) is 1. The van der Waals surface area contributed by atoms with Crippen LogP contribution >= 0.6 is 0 Å². The van der Waals surface area contributed by atoms with E-state index in [9.17, 15) is 9.18 Å². The average molecular weight is 303 g/mol. The Morgan fingerprint density at radius 2 is 2.27 bits per heavy atom. The maximum absolute atomic E-state index is 14.4. The number of fused-ring (bicyclic) bond motifs is 1. The smallest absolute Gasteiger partial charge is 0.277 e. The third-order valence-corrected chi connectivity index (χ3v) is 3.41. The largest absolute Gasteiger partial charge is 0.343 e. The van der Waals surface area contributed by atoms with Gasteiger partial charge in [-0.15, -0.1) is 0 Å². The molecule has 0 bridgehead atoms. The van der Waals surface area contributed by atoms with Crippen LogP contribution < -0.4 is 0 Å². The van der Waals surface area contributed by atoms with E-state index in [4.69, 9.17) is 0 Å². The van der Waals surface area contributed by atoms with Crippen molar-refractivity contribution in [1.82, 2.24) is 24.4 Å². The van der Waals surface area contributed by atoms with Crippen LogP contribution in [0.25, 0.3) is 5.65 Å². The summed E-state index contributed by atoms with van der Waals surface area (Å²) in [6.07, 6.45) is 1.65. The van der Waals surface area contributed by atoms with Crippen LogP contribution in [0.1, 0.15) is 22.0 Å². The Balaban J connectivity index is 1.82. The van der Waals surface area contributed by atoms with Crippen molar-refractivity contribution in [2.24, 2.45) is 0 Å². The quantitative estimate of drug-likeness (QED) is 0.729. The number of imidazole rings is 1. The number of rotatable bonds is 4. The summed E-state index contributed by atoms with van der Waals surface area (Å²) in [5.41, 5.74) is 0.897. The van der Waals surface area contributed by atoms with Gasteiger partial charge < -0.3 is 9.42 Å². The minimum Gasteiger partial charge on any atom is -0.343 e. The molecular weight excluding hydrogens is 289 g/mol. The van der Waals surface area contributed by atoms with Crippen molar-refractivity contribution in [3.05, 3.63) is 47.8 Å². The molecule has 1 amide bonds. The second-order valence-corrected chi connectivity index (χ2v) is 4.94. The summed E-state index contributed by atoms with van der Waals surface area (Å²) in [6, 6.07) is 5.18. The lowest BCUT2D eigenvalue weighted by Crippen LogP contribution is -2.30. The summed E-state index contributed by atoms with van der Waals surface area (Å²) in [7, 11) is 1.58. The topological polar surface area (TPSA) is 76.5 Å². The molecule has 3 aromatic rings. The van der Waals surface area contributed by atoms with Gasteiger partial charge in [0.15, 0.2) is 11.5 Å². The van der Waals surface area contributed by atoms with E-state index in [0.29, 0.717) is 30.1 Å². The Morgan fingerprint density at radius 1 is 1.45 bits per heavy atom. The molecule has 3 rings (SSSR count). The number of hydrogen-bond donors (Lipinski definition) is 0. The van der Waals surface area contributed by atoms with Crippen LogP contribution in [0.4, 0.5) is 4.39 Å². The van der Waals surface area contributed by atoms with Crippen LogP contribution in [-0.4, -0.2) is 43.9 Å². The molecule has 0 radical (unpaired) electrons. The van der Waals surface area contributed by atoms with Crippen LogP contribution in [0.5, 0.6) is 0 Å². The predicted octanol–water partition coefficient (Wildman–Crippen LogP) is 1.48. The summed E-state index contributed by atoms with van der Waals surface area (Å²) in [4.78, 5) is 21.7. The van der Waals surface area contributed by atoms with E-state index >= 15 is 0 Å². The summed E-state index contributed by atoms with van der Waals surface area (Å²) in [5.74, 6) is -0.639. The van der Waals surface area contributed by atoms with Gasteiger partial charge in [-0.05, 0) is 19.1 Å². The lowest BCUT2D eigenvalue weighted by Gasteiger charge is -2.14. The highest BCUT2D eigenvalue weighted by atomic mass is 19.1. The lowest BCUT2D eigenvalue weighted by atomic mass is 10.3. The molecule has 114 valence electrons. The predicted molar refractivity (Wildman–Crippen MR) is 74.8 cm³/mol. The molecule has 0 aliphatic rings. The van der Waals surface area contributed by atoms with Crippen LogP contribution in [0, 0.1) is 12.9 Å². The molecule has 0 aromatic carbocycles. The molecule has 0 unspecified atom stereocenters. The second kappa shape index (κ2) is 5.55. The molecule has 8 heteroatoms. The number of halogens is 1. The van der Waals surface area contributed by atoms with E-state index in [-0.39, 0.29) is 5.69 Å². The number of carbonyl (C=O) groups excluding carboxylic acids is 1. The number of hydrogen-bond acceptors (Lipinski definition) is 5. The fraction of sp³-hybridized carbons (Fsp3) is 0.286. The molecule has 0 saturated carbocycles. The fourth-order valence-electron chi connectivity index (χ4n) is 2.20. The van der Waals surface area contributed by atoms with Gasteiger partial charge in [-0.1, -0.05) is 11.2 Å². The molecule has 0 N–H and O–H groups in total. The molecule has 3 aromatic heterocycles. The summed E-state index contributed by atoms with van der Waals surface area (Å²) in [6.45, 7) is 2.09. The summed E-state index contributed by atoms with van der Waals surface area (Å²) >= 11 is 0.